The molecule has 8 heteroatoms. The van der Waals surface area contributed by atoms with Gasteiger partial charge < -0.3 is 18.8 Å². The fourth-order valence-corrected chi connectivity index (χ4v) is 3.50. The summed E-state index contributed by atoms with van der Waals surface area (Å²) in [5.41, 5.74) is 1.20. The molecule has 2 fully saturated rings. The maximum absolute atomic E-state index is 12.1. The van der Waals surface area contributed by atoms with E-state index in [2.05, 4.69) is 0 Å². The van der Waals surface area contributed by atoms with Crippen molar-refractivity contribution in [1.29, 1.82) is 0 Å². The smallest absolute Gasteiger partial charge is 0.417 e. The van der Waals surface area contributed by atoms with Crippen LogP contribution >= 0.6 is 8.25 Å². The number of hydrogen-bond donors (Lipinski definition) is 0. The Morgan fingerprint density at radius 2 is 1.11 bits per heavy atom. The molecular formula is C20H29N2O5P. The summed E-state index contributed by atoms with van der Waals surface area (Å²) in [4.78, 5) is 27.8. The normalized spacial score (nSPS) is 18.7. The van der Waals surface area contributed by atoms with Crippen molar-refractivity contribution in [2.24, 2.45) is 0 Å². The van der Waals surface area contributed by atoms with Crippen molar-refractivity contribution in [2.45, 2.75) is 39.5 Å². The number of allylic oxidation sites excluding steroid dienone is 4. The first-order valence-electron chi connectivity index (χ1n) is 9.61. The third-order valence-electron chi connectivity index (χ3n) is 4.64. The molecule has 0 unspecified atom stereocenters. The lowest BCUT2D eigenvalue weighted by molar-refractivity contribution is -0.126. The molecule has 0 aromatic rings. The van der Waals surface area contributed by atoms with Crippen LogP contribution in [0.15, 0.2) is 48.0 Å². The van der Waals surface area contributed by atoms with Crippen molar-refractivity contribution in [3.63, 3.8) is 0 Å². The Kier molecular flexibility index (Phi) is 9.08. The Morgan fingerprint density at radius 3 is 1.46 bits per heavy atom. The van der Waals surface area contributed by atoms with Gasteiger partial charge in [0.25, 0.3) is 0 Å². The molecule has 0 aromatic carbocycles. The summed E-state index contributed by atoms with van der Waals surface area (Å²) in [6.45, 7) is 6.69. The van der Waals surface area contributed by atoms with Gasteiger partial charge in [-0.1, -0.05) is 12.2 Å². The molecule has 154 valence electrons. The molecule has 0 spiro atoms. The summed E-state index contributed by atoms with van der Waals surface area (Å²) in [5, 5.41) is 0. The van der Waals surface area contributed by atoms with E-state index >= 15 is 0 Å². The third kappa shape index (κ3) is 7.04. The van der Waals surface area contributed by atoms with Crippen LogP contribution in [0.5, 0.6) is 0 Å². The molecule has 2 aliphatic heterocycles. The van der Waals surface area contributed by atoms with Crippen LogP contribution in [-0.2, 0) is 23.2 Å². The summed E-state index contributed by atoms with van der Waals surface area (Å²) in [6, 6.07) is 0. The van der Waals surface area contributed by atoms with Crippen LogP contribution < -0.4 is 0 Å². The standard InChI is InChI=1S/C20H29N2O5P/c1-17(19(23)21-11-3-4-12-21)9-7-15-26-28(25)27-16-8-10-18(2)20(24)22-13-5-6-14-22/h7-10,15-16,28H,3-6,11-14H2,1-2H3/b15-7+,16-8+,17-9-,18-10-. The SMILES string of the molecule is C/C(=C/C=C/O[PH](=O)O/C=C/C=C(/C)C(=O)N1CCCC1)C(=O)N1CCCC1. The molecule has 2 amide bonds. The largest absolute Gasteiger partial charge is 0.426 e. The summed E-state index contributed by atoms with van der Waals surface area (Å²) < 4.78 is 21.6. The first-order valence-corrected chi connectivity index (χ1v) is 10.8. The van der Waals surface area contributed by atoms with Crippen molar-refractivity contribution >= 4 is 20.1 Å². The molecule has 0 saturated carbocycles. The van der Waals surface area contributed by atoms with Gasteiger partial charge in [-0.3, -0.25) is 9.59 Å². The highest BCUT2D eigenvalue weighted by Gasteiger charge is 2.19. The Hall–Kier alpha value is -2.27. The monoisotopic (exact) mass is 408 g/mol. The lowest BCUT2D eigenvalue weighted by Crippen LogP contribution is -2.28. The van der Waals surface area contributed by atoms with Crippen LogP contribution in [0.25, 0.3) is 0 Å². The zero-order valence-corrected chi connectivity index (χ0v) is 17.6. The van der Waals surface area contributed by atoms with E-state index in [4.69, 9.17) is 9.05 Å². The average molecular weight is 408 g/mol. The third-order valence-corrected chi connectivity index (χ3v) is 5.30. The van der Waals surface area contributed by atoms with Crippen molar-refractivity contribution in [2.75, 3.05) is 26.2 Å². The summed E-state index contributed by atoms with van der Waals surface area (Å²) in [7, 11) is -2.73. The van der Waals surface area contributed by atoms with E-state index in [0.717, 1.165) is 51.9 Å². The maximum atomic E-state index is 12.1. The van der Waals surface area contributed by atoms with Gasteiger partial charge in [0, 0.05) is 37.3 Å². The Bertz CT molecular complexity index is 641. The quantitative estimate of drug-likeness (QED) is 0.266. The van der Waals surface area contributed by atoms with E-state index in [1.165, 1.54) is 24.7 Å². The topological polar surface area (TPSA) is 76.1 Å². The maximum Gasteiger partial charge on any atom is 0.417 e. The van der Waals surface area contributed by atoms with E-state index < -0.39 is 8.25 Å². The van der Waals surface area contributed by atoms with Gasteiger partial charge >= 0.3 is 8.25 Å². The number of carbonyl (C=O) groups is 2. The van der Waals surface area contributed by atoms with Gasteiger partial charge in [-0.2, -0.15) is 0 Å². The molecule has 0 radical (unpaired) electrons. The van der Waals surface area contributed by atoms with Crippen LogP contribution in [0.3, 0.4) is 0 Å². The second kappa shape index (κ2) is 11.5. The Labute approximate surface area is 167 Å². The van der Waals surface area contributed by atoms with Gasteiger partial charge in [-0.25, -0.2) is 4.57 Å². The van der Waals surface area contributed by atoms with Gasteiger partial charge in [0.05, 0.1) is 12.5 Å². The zero-order valence-electron chi connectivity index (χ0n) is 16.6. The van der Waals surface area contributed by atoms with Crippen molar-refractivity contribution in [3.05, 3.63) is 48.0 Å². The van der Waals surface area contributed by atoms with Crippen molar-refractivity contribution < 1.29 is 23.2 Å². The number of hydrogen-bond acceptors (Lipinski definition) is 5. The molecule has 0 atom stereocenters. The second-order valence-electron chi connectivity index (χ2n) is 6.84. The van der Waals surface area contributed by atoms with Gasteiger partial charge in [0.15, 0.2) is 0 Å². The van der Waals surface area contributed by atoms with E-state index in [1.807, 2.05) is 9.80 Å². The Balaban J connectivity index is 1.69. The van der Waals surface area contributed by atoms with Gasteiger partial charge in [-0.15, -0.1) is 0 Å². The number of likely N-dealkylation sites (tertiary alicyclic amines) is 2. The van der Waals surface area contributed by atoms with Crippen LogP contribution in [0.2, 0.25) is 0 Å². The minimum absolute atomic E-state index is 0.0135. The Morgan fingerprint density at radius 1 is 0.750 bits per heavy atom. The molecule has 2 saturated heterocycles. The number of nitrogens with zero attached hydrogens (tertiary/aromatic N) is 2. The molecule has 0 bridgehead atoms. The van der Waals surface area contributed by atoms with Crippen LogP contribution in [0.4, 0.5) is 0 Å². The van der Waals surface area contributed by atoms with Gasteiger partial charge in [-0.05, 0) is 51.7 Å². The molecule has 2 rings (SSSR count). The second-order valence-corrected chi connectivity index (χ2v) is 7.81. The minimum atomic E-state index is -2.73. The molecule has 28 heavy (non-hydrogen) atoms. The highest BCUT2D eigenvalue weighted by Crippen LogP contribution is 2.24. The first-order chi connectivity index (χ1) is 13.5. The summed E-state index contributed by atoms with van der Waals surface area (Å²) in [5.74, 6) is 0.0271. The first kappa shape index (κ1) is 22.0. The average Bonchev–Trinajstić information content (AvgIpc) is 3.40. The van der Waals surface area contributed by atoms with Crippen LogP contribution in [0.1, 0.15) is 39.5 Å². The van der Waals surface area contributed by atoms with E-state index in [0.29, 0.717) is 11.1 Å². The van der Waals surface area contributed by atoms with Crippen molar-refractivity contribution in [3.8, 4) is 0 Å². The van der Waals surface area contributed by atoms with E-state index in [-0.39, 0.29) is 11.8 Å². The molecule has 7 nitrogen and oxygen atoms in total. The molecular weight excluding hydrogens is 379 g/mol. The number of amides is 2. The predicted octanol–water partition coefficient (Wildman–Crippen LogP) is 3.57. The highest BCUT2D eigenvalue weighted by molar-refractivity contribution is 7.33. The molecule has 0 aromatic heterocycles. The zero-order chi connectivity index (χ0) is 20.4. The molecule has 0 N–H and O–H groups in total. The molecule has 0 aliphatic carbocycles. The van der Waals surface area contributed by atoms with Gasteiger partial charge in [0.1, 0.15) is 0 Å². The predicted molar refractivity (Wildman–Crippen MR) is 109 cm³/mol. The van der Waals surface area contributed by atoms with Crippen molar-refractivity contribution in [1.82, 2.24) is 9.80 Å². The summed E-state index contributed by atoms with van der Waals surface area (Å²) >= 11 is 0. The van der Waals surface area contributed by atoms with Gasteiger partial charge in [0.2, 0.25) is 11.8 Å². The molecule has 2 heterocycles. The van der Waals surface area contributed by atoms with Crippen LogP contribution in [-0.4, -0.2) is 47.8 Å². The number of carbonyl (C=O) groups excluding carboxylic acids is 2. The summed E-state index contributed by atoms with van der Waals surface area (Å²) in [6.07, 6.45) is 13.0. The van der Waals surface area contributed by atoms with Crippen LogP contribution in [0, 0.1) is 0 Å². The fraction of sp³-hybridized carbons (Fsp3) is 0.500. The van der Waals surface area contributed by atoms with E-state index in [1.54, 1.807) is 26.0 Å². The lowest BCUT2D eigenvalue weighted by atomic mass is 10.2. The molecule has 2 aliphatic rings. The fourth-order valence-electron chi connectivity index (χ4n) is 3.07. The lowest BCUT2D eigenvalue weighted by Gasteiger charge is -2.14. The minimum Gasteiger partial charge on any atom is -0.426 e. The highest BCUT2D eigenvalue weighted by atomic mass is 31.1. The number of rotatable bonds is 8. The van der Waals surface area contributed by atoms with E-state index in [9.17, 15) is 14.2 Å².